The lowest BCUT2D eigenvalue weighted by molar-refractivity contribution is 0.414. The molecule has 4 rings (SSSR count). The van der Waals surface area contributed by atoms with Crippen molar-refractivity contribution in [2.24, 2.45) is 0 Å². The average Bonchev–Trinajstić information content (AvgIpc) is 3.24. The number of methoxy groups -OCH3 is 1. The molecule has 0 aliphatic carbocycles. The van der Waals surface area contributed by atoms with E-state index in [1.807, 2.05) is 54.6 Å². The molecule has 1 N–H and O–H groups in total. The summed E-state index contributed by atoms with van der Waals surface area (Å²) in [5, 5.41) is 7.41. The molecule has 0 aliphatic rings. The van der Waals surface area contributed by atoms with Gasteiger partial charge in [-0.1, -0.05) is 60.7 Å². The molecular weight excluding hydrogens is 400 g/mol. The first kappa shape index (κ1) is 19.7. The third-order valence-corrected chi connectivity index (χ3v) is 6.07. The summed E-state index contributed by atoms with van der Waals surface area (Å²) in [5.74, 6) is 1.22. The zero-order valence-corrected chi connectivity index (χ0v) is 17.1. The Labute approximate surface area is 175 Å². The third kappa shape index (κ3) is 4.04. The summed E-state index contributed by atoms with van der Waals surface area (Å²) in [6, 6.07) is 24.9. The topological polar surface area (TPSA) is 86.1 Å². The number of anilines is 1. The minimum atomic E-state index is -3.91. The first-order valence-electron chi connectivity index (χ1n) is 9.28. The van der Waals surface area contributed by atoms with E-state index in [1.54, 1.807) is 25.3 Å². The first-order valence-corrected chi connectivity index (χ1v) is 10.7. The van der Waals surface area contributed by atoms with Crippen LogP contribution in [-0.2, 0) is 16.6 Å². The van der Waals surface area contributed by atoms with Crippen LogP contribution in [0, 0.1) is 0 Å². The van der Waals surface area contributed by atoms with Gasteiger partial charge >= 0.3 is 0 Å². The van der Waals surface area contributed by atoms with Crippen molar-refractivity contribution in [1.82, 2.24) is 14.2 Å². The highest BCUT2D eigenvalue weighted by molar-refractivity contribution is 7.90. The summed E-state index contributed by atoms with van der Waals surface area (Å²) in [6.07, 6.45) is 0. The smallest absolute Gasteiger partial charge is 0.286 e. The van der Waals surface area contributed by atoms with Crippen LogP contribution >= 0.6 is 0 Å². The molecule has 0 amide bonds. The maximum atomic E-state index is 13.2. The lowest BCUT2D eigenvalue weighted by Gasteiger charge is -2.09. The second kappa shape index (κ2) is 8.38. The molecule has 0 aliphatic heterocycles. The summed E-state index contributed by atoms with van der Waals surface area (Å²) in [4.78, 5) is 4.60. The highest BCUT2D eigenvalue weighted by Crippen LogP contribution is 2.23. The van der Waals surface area contributed by atoms with Gasteiger partial charge in [0.2, 0.25) is 5.95 Å². The molecule has 0 radical (unpaired) electrons. The molecule has 0 saturated heterocycles. The number of rotatable bonds is 7. The van der Waals surface area contributed by atoms with E-state index in [0.29, 0.717) is 12.4 Å². The highest BCUT2D eigenvalue weighted by Gasteiger charge is 2.24. The van der Waals surface area contributed by atoms with Crippen LogP contribution < -0.4 is 10.1 Å². The van der Waals surface area contributed by atoms with Crippen molar-refractivity contribution in [3.63, 3.8) is 0 Å². The summed E-state index contributed by atoms with van der Waals surface area (Å²) < 4.78 is 32.5. The lowest BCUT2D eigenvalue weighted by atomic mass is 10.2. The maximum absolute atomic E-state index is 13.2. The Hall–Kier alpha value is -3.65. The van der Waals surface area contributed by atoms with Gasteiger partial charge in [-0.15, -0.1) is 9.19 Å². The first-order chi connectivity index (χ1) is 14.6. The van der Waals surface area contributed by atoms with Crippen molar-refractivity contribution in [1.29, 1.82) is 0 Å². The summed E-state index contributed by atoms with van der Waals surface area (Å²) >= 11 is 0. The largest absolute Gasteiger partial charge is 0.497 e. The molecule has 152 valence electrons. The van der Waals surface area contributed by atoms with E-state index in [4.69, 9.17) is 4.74 Å². The number of hydrogen-bond acceptors (Lipinski definition) is 6. The fourth-order valence-electron chi connectivity index (χ4n) is 2.90. The summed E-state index contributed by atoms with van der Waals surface area (Å²) in [7, 11) is -2.30. The monoisotopic (exact) mass is 420 g/mol. The van der Waals surface area contributed by atoms with E-state index in [0.717, 1.165) is 21.0 Å². The molecule has 0 saturated carbocycles. The van der Waals surface area contributed by atoms with Gasteiger partial charge in [-0.3, -0.25) is 0 Å². The summed E-state index contributed by atoms with van der Waals surface area (Å²) in [6.45, 7) is 0.376. The molecule has 0 fully saturated rings. The molecule has 4 aromatic rings. The van der Waals surface area contributed by atoms with Crippen LogP contribution in [0.5, 0.6) is 5.75 Å². The molecule has 1 heterocycles. The predicted octanol–water partition coefficient (Wildman–Crippen LogP) is 3.80. The zero-order valence-electron chi connectivity index (χ0n) is 16.3. The third-order valence-electron chi connectivity index (χ3n) is 4.49. The predicted molar refractivity (Wildman–Crippen MR) is 115 cm³/mol. The van der Waals surface area contributed by atoms with Crippen LogP contribution in [0.4, 0.5) is 5.95 Å². The molecule has 0 spiro atoms. The highest BCUT2D eigenvalue weighted by atomic mass is 32.2. The van der Waals surface area contributed by atoms with E-state index in [2.05, 4.69) is 15.4 Å². The van der Waals surface area contributed by atoms with Crippen molar-refractivity contribution in [3.05, 3.63) is 90.5 Å². The van der Waals surface area contributed by atoms with Gasteiger partial charge in [0.05, 0.1) is 12.0 Å². The molecule has 0 unspecified atom stereocenters. The Morgan fingerprint density at radius 2 is 1.53 bits per heavy atom. The van der Waals surface area contributed by atoms with Crippen molar-refractivity contribution in [2.75, 3.05) is 12.4 Å². The zero-order chi connectivity index (χ0) is 21.0. The molecule has 8 heteroatoms. The lowest BCUT2D eigenvalue weighted by Crippen LogP contribution is -2.18. The number of aromatic nitrogens is 3. The Balaban J connectivity index is 1.71. The van der Waals surface area contributed by atoms with E-state index < -0.39 is 10.0 Å². The summed E-state index contributed by atoms with van der Waals surface area (Å²) in [5.41, 5.74) is 1.68. The molecular formula is C22H20N4O3S. The molecule has 1 aromatic heterocycles. The van der Waals surface area contributed by atoms with Gasteiger partial charge in [-0.25, -0.2) is 0 Å². The Morgan fingerprint density at radius 1 is 0.900 bits per heavy atom. The van der Waals surface area contributed by atoms with Gasteiger partial charge in [0, 0.05) is 12.1 Å². The fraction of sp³-hybridized carbons (Fsp3) is 0.0909. The molecule has 0 atom stereocenters. The van der Waals surface area contributed by atoms with Gasteiger partial charge in [-0.05, 0) is 29.8 Å². The fourth-order valence-corrected chi connectivity index (χ4v) is 4.12. The SMILES string of the molecule is COc1ccc(CNc2nc(-c3ccccc3)nn2S(=O)(=O)c2ccccc2)cc1. The standard InChI is InChI=1S/C22H20N4O3S/c1-29-19-14-12-17(13-15-19)16-23-22-24-21(18-8-4-2-5-9-18)25-26(22)30(27,28)20-10-6-3-7-11-20/h2-15H,16H2,1H3,(H,23,24,25). The number of nitrogens with one attached hydrogen (secondary N) is 1. The van der Waals surface area contributed by atoms with E-state index >= 15 is 0 Å². The van der Waals surface area contributed by atoms with Gasteiger partial charge in [0.15, 0.2) is 5.82 Å². The number of nitrogens with zero attached hydrogens (tertiary/aromatic N) is 3. The Kier molecular flexibility index (Phi) is 5.49. The van der Waals surface area contributed by atoms with Crippen molar-refractivity contribution < 1.29 is 13.2 Å². The number of ether oxygens (including phenoxy) is 1. The van der Waals surface area contributed by atoms with E-state index in [-0.39, 0.29) is 10.8 Å². The second-order valence-electron chi connectivity index (χ2n) is 6.49. The Morgan fingerprint density at radius 3 is 2.17 bits per heavy atom. The van der Waals surface area contributed by atoms with E-state index in [9.17, 15) is 8.42 Å². The van der Waals surface area contributed by atoms with Gasteiger partial charge in [0.1, 0.15) is 5.75 Å². The Bertz CT molecular complexity index is 1220. The number of benzene rings is 3. The van der Waals surface area contributed by atoms with Crippen molar-refractivity contribution in [2.45, 2.75) is 11.4 Å². The second-order valence-corrected chi connectivity index (χ2v) is 8.26. The molecule has 7 nitrogen and oxygen atoms in total. The van der Waals surface area contributed by atoms with Crippen molar-refractivity contribution in [3.8, 4) is 17.1 Å². The normalized spacial score (nSPS) is 11.2. The maximum Gasteiger partial charge on any atom is 0.286 e. The number of hydrogen-bond donors (Lipinski definition) is 1. The van der Waals surface area contributed by atoms with Gasteiger partial charge < -0.3 is 10.1 Å². The minimum absolute atomic E-state index is 0.141. The minimum Gasteiger partial charge on any atom is -0.497 e. The molecule has 3 aromatic carbocycles. The van der Waals surface area contributed by atoms with Gasteiger partial charge in [-0.2, -0.15) is 13.4 Å². The van der Waals surface area contributed by atoms with E-state index in [1.165, 1.54) is 12.1 Å². The van der Waals surface area contributed by atoms with Crippen LogP contribution in [0.1, 0.15) is 5.56 Å². The van der Waals surface area contributed by atoms with Crippen LogP contribution in [0.15, 0.2) is 89.8 Å². The van der Waals surface area contributed by atoms with Crippen LogP contribution in [0.25, 0.3) is 11.4 Å². The quantitative estimate of drug-likeness (QED) is 0.489. The molecule has 0 bridgehead atoms. The van der Waals surface area contributed by atoms with Crippen molar-refractivity contribution >= 4 is 16.0 Å². The van der Waals surface area contributed by atoms with Gasteiger partial charge in [0.25, 0.3) is 10.0 Å². The van der Waals surface area contributed by atoms with Crippen LogP contribution in [-0.4, -0.2) is 29.7 Å². The molecule has 30 heavy (non-hydrogen) atoms. The van der Waals surface area contributed by atoms with Crippen LogP contribution in [0.2, 0.25) is 0 Å². The average molecular weight is 420 g/mol. The van der Waals surface area contributed by atoms with Crippen LogP contribution in [0.3, 0.4) is 0 Å².